The van der Waals surface area contributed by atoms with Crippen LogP contribution in [0.4, 0.5) is 4.79 Å². The molecule has 0 aliphatic rings. The number of fused-ring (bicyclic) bond motifs is 1. The number of hydrogen-bond donors (Lipinski definition) is 1. The number of nitrogens with zero attached hydrogens (tertiary/aromatic N) is 3. The van der Waals surface area contributed by atoms with Gasteiger partial charge in [-0.1, -0.05) is 0 Å². The van der Waals surface area contributed by atoms with Crippen LogP contribution in [0.5, 0.6) is 0 Å². The smallest absolute Gasteiger partial charge is 0.407 e. The van der Waals surface area contributed by atoms with E-state index in [2.05, 4.69) is 9.97 Å². The molecular weight excluding hydrogens is 246 g/mol. The van der Waals surface area contributed by atoms with E-state index in [0.29, 0.717) is 30.0 Å². The van der Waals surface area contributed by atoms with Gasteiger partial charge in [-0.25, -0.2) is 9.78 Å². The first kappa shape index (κ1) is 13.3. The summed E-state index contributed by atoms with van der Waals surface area (Å²) in [6.07, 6.45) is 2.76. The molecule has 2 rings (SSSR count). The molecule has 0 unspecified atom stereocenters. The molecular formula is C13H17N3O3. The summed E-state index contributed by atoms with van der Waals surface area (Å²) in [5.41, 5.74) is 0.914. The van der Waals surface area contributed by atoms with Crippen LogP contribution in [0.1, 0.15) is 26.7 Å². The van der Waals surface area contributed by atoms with Crippen molar-refractivity contribution in [2.24, 2.45) is 0 Å². The van der Waals surface area contributed by atoms with Gasteiger partial charge < -0.3 is 14.4 Å². The van der Waals surface area contributed by atoms with Crippen LogP contribution in [0.15, 0.2) is 22.9 Å². The van der Waals surface area contributed by atoms with E-state index in [9.17, 15) is 9.90 Å². The Hall–Kier alpha value is -2.11. The average Bonchev–Trinajstić information content (AvgIpc) is 2.69. The topological polar surface area (TPSA) is 79.5 Å². The van der Waals surface area contributed by atoms with E-state index in [1.165, 1.54) is 4.90 Å². The standard InChI is InChI=1S/C13H17N3O3/c1-13(2,3)16(12(17)18)7-5-11-15-9-8-14-6-4-10(9)19-11/h4,6,8H,5,7H2,1-3H3,(H,17,18). The van der Waals surface area contributed by atoms with Crippen LogP contribution in [-0.4, -0.2) is 38.2 Å². The van der Waals surface area contributed by atoms with Gasteiger partial charge in [-0.2, -0.15) is 0 Å². The number of carbonyl (C=O) groups is 1. The molecule has 0 saturated heterocycles. The lowest BCUT2D eigenvalue weighted by Crippen LogP contribution is -2.45. The molecule has 1 amide bonds. The quantitative estimate of drug-likeness (QED) is 0.920. The lowest BCUT2D eigenvalue weighted by Gasteiger charge is -2.32. The molecule has 2 aromatic rings. The van der Waals surface area contributed by atoms with Gasteiger partial charge in [0, 0.05) is 30.8 Å². The summed E-state index contributed by atoms with van der Waals surface area (Å²) in [4.78, 5) is 20.8. The van der Waals surface area contributed by atoms with Gasteiger partial charge in [0.25, 0.3) is 0 Å². The van der Waals surface area contributed by atoms with E-state index in [1.54, 1.807) is 18.5 Å². The van der Waals surface area contributed by atoms with Crippen molar-refractivity contribution >= 4 is 17.2 Å². The summed E-state index contributed by atoms with van der Waals surface area (Å²) >= 11 is 0. The van der Waals surface area contributed by atoms with Gasteiger partial charge in [0.1, 0.15) is 5.52 Å². The fraction of sp³-hybridized carbons (Fsp3) is 0.462. The zero-order chi connectivity index (χ0) is 14.0. The van der Waals surface area contributed by atoms with E-state index in [0.717, 1.165) is 0 Å². The zero-order valence-corrected chi connectivity index (χ0v) is 11.3. The molecule has 0 radical (unpaired) electrons. The minimum atomic E-state index is -0.940. The highest BCUT2D eigenvalue weighted by atomic mass is 16.4. The molecule has 0 atom stereocenters. The third-order valence-corrected chi connectivity index (χ3v) is 2.82. The molecule has 2 aromatic heterocycles. The van der Waals surface area contributed by atoms with Crippen molar-refractivity contribution in [2.75, 3.05) is 6.54 Å². The predicted molar refractivity (Wildman–Crippen MR) is 70.0 cm³/mol. The van der Waals surface area contributed by atoms with Crippen LogP contribution in [0.2, 0.25) is 0 Å². The van der Waals surface area contributed by atoms with Gasteiger partial charge >= 0.3 is 6.09 Å². The van der Waals surface area contributed by atoms with E-state index in [1.807, 2.05) is 20.8 Å². The van der Waals surface area contributed by atoms with Crippen LogP contribution < -0.4 is 0 Å². The second-order valence-electron chi connectivity index (χ2n) is 5.31. The second-order valence-corrected chi connectivity index (χ2v) is 5.31. The third-order valence-electron chi connectivity index (χ3n) is 2.82. The van der Waals surface area contributed by atoms with E-state index in [4.69, 9.17) is 4.42 Å². The Labute approximate surface area is 111 Å². The predicted octanol–water partition coefficient (Wildman–Crippen LogP) is 2.54. The first-order valence-electron chi connectivity index (χ1n) is 6.08. The second kappa shape index (κ2) is 4.87. The minimum absolute atomic E-state index is 0.346. The molecule has 1 N–H and O–H groups in total. The Balaban J connectivity index is 2.10. The van der Waals surface area contributed by atoms with Crippen molar-refractivity contribution < 1.29 is 14.3 Å². The normalized spacial score (nSPS) is 11.7. The maximum absolute atomic E-state index is 11.2. The average molecular weight is 263 g/mol. The number of rotatable bonds is 3. The zero-order valence-electron chi connectivity index (χ0n) is 11.3. The number of carboxylic acid groups (broad SMARTS) is 1. The molecule has 2 heterocycles. The number of aromatic nitrogens is 2. The van der Waals surface area contributed by atoms with Crippen molar-refractivity contribution in [2.45, 2.75) is 32.7 Å². The van der Waals surface area contributed by atoms with E-state index < -0.39 is 11.6 Å². The maximum Gasteiger partial charge on any atom is 0.407 e. The maximum atomic E-state index is 11.2. The van der Waals surface area contributed by atoms with Crippen molar-refractivity contribution in [1.29, 1.82) is 0 Å². The molecule has 19 heavy (non-hydrogen) atoms. The van der Waals surface area contributed by atoms with Gasteiger partial charge in [-0.15, -0.1) is 0 Å². The minimum Gasteiger partial charge on any atom is -0.465 e. The molecule has 0 aliphatic heterocycles. The first-order chi connectivity index (χ1) is 8.88. The summed E-state index contributed by atoms with van der Waals surface area (Å²) in [6, 6.07) is 1.74. The van der Waals surface area contributed by atoms with Gasteiger partial charge in [-0.3, -0.25) is 4.98 Å². The number of amides is 1. The van der Waals surface area contributed by atoms with Crippen molar-refractivity contribution in [1.82, 2.24) is 14.9 Å². The fourth-order valence-electron chi connectivity index (χ4n) is 1.86. The highest BCUT2D eigenvalue weighted by Gasteiger charge is 2.26. The van der Waals surface area contributed by atoms with Gasteiger partial charge in [-0.05, 0) is 20.8 Å². The third kappa shape index (κ3) is 3.01. The lowest BCUT2D eigenvalue weighted by molar-refractivity contribution is 0.100. The molecule has 0 bridgehead atoms. The van der Waals surface area contributed by atoms with Crippen LogP contribution in [-0.2, 0) is 6.42 Å². The SMILES string of the molecule is CC(C)(C)N(CCc1nc2cnccc2o1)C(=O)O. The van der Waals surface area contributed by atoms with Crippen molar-refractivity contribution in [3.8, 4) is 0 Å². The Morgan fingerprint density at radius 2 is 2.21 bits per heavy atom. The molecule has 0 spiro atoms. The Kier molecular flexibility index (Phi) is 3.42. The number of oxazole rings is 1. The van der Waals surface area contributed by atoms with E-state index in [-0.39, 0.29) is 0 Å². The Morgan fingerprint density at radius 1 is 1.47 bits per heavy atom. The highest BCUT2D eigenvalue weighted by Crippen LogP contribution is 2.17. The number of pyridine rings is 1. The highest BCUT2D eigenvalue weighted by molar-refractivity contribution is 5.70. The van der Waals surface area contributed by atoms with Gasteiger partial charge in [0.15, 0.2) is 11.5 Å². The fourth-order valence-corrected chi connectivity index (χ4v) is 1.86. The molecule has 0 aromatic carbocycles. The summed E-state index contributed by atoms with van der Waals surface area (Å²) in [7, 11) is 0. The van der Waals surface area contributed by atoms with Crippen LogP contribution >= 0.6 is 0 Å². The van der Waals surface area contributed by atoms with Crippen molar-refractivity contribution in [3.05, 3.63) is 24.4 Å². The molecule has 0 aliphatic carbocycles. The summed E-state index contributed by atoms with van der Waals surface area (Å²) in [5, 5.41) is 9.19. The first-order valence-corrected chi connectivity index (χ1v) is 6.08. The monoisotopic (exact) mass is 263 g/mol. The molecule has 0 saturated carbocycles. The van der Waals surface area contributed by atoms with Gasteiger partial charge in [0.2, 0.25) is 0 Å². The molecule has 6 heteroatoms. The lowest BCUT2D eigenvalue weighted by atomic mass is 10.1. The molecule has 0 fully saturated rings. The Morgan fingerprint density at radius 3 is 2.79 bits per heavy atom. The van der Waals surface area contributed by atoms with Crippen LogP contribution in [0, 0.1) is 0 Å². The molecule has 6 nitrogen and oxygen atoms in total. The largest absolute Gasteiger partial charge is 0.465 e. The Bertz CT molecular complexity index is 553. The van der Waals surface area contributed by atoms with Gasteiger partial charge in [0.05, 0.1) is 6.20 Å². The van der Waals surface area contributed by atoms with Crippen LogP contribution in [0.3, 0.4) is 0 Å². The van der Waals surface area contributed by atoms with E-state index >= 15 is 0 Å². The summed E-state index contributed by atoms with van der Waals surface area (Å²) < 4.78 is 5.54. The summed E-state index contributed by atoms with van der Waals surface area (Å²) in [5.74, 6) is 0.526. The van der Waals surface area contributed by atoms with Crippen LogP contribution in [0.25, 0.3) is 11.1 Å². The van der Waals surface area contributed by atoms with Crippen molar-refractivity contribution in [3.63, 3.8) is 0 Å². The summed E-state index contributed by atoms with van der Waals surface area (Å²) in [6.45, 7) is 5.92. The molecule has 102 valence electrons. The number of hydrogen-bond acceptors (Lipinski definition) is 4.